The number of rotatable bonds is 3. The van der Waals surface area contributed by atoms with Crippen LogP contribution in [0.2, 0.25) is 0 Å². The molecule has 0 amide bonds. The Morgan fingerprint density at radius 3 is 2.67 bits per heavy atom. The van der Waals surface area contributed by atoms with Gasteiger partial charge in [0.1, 0.15) is 6.10 Å². The number of fused-ring (bicyclic) bond motifs is 5. The van der Waals surface area contributed by atoms with Gasteiger partial charge < -0.3 is 19.3 Å². The van der Waals surface area contributed by atoms with Crippen molar-refractivity contribution in [1.82, 2.24) is 9.47 Å². The van der Waals surface area contributed by atoms with Gasteiger partial charge in [0.25, 0.3) is 5.56 Å². The number of likely N-dealkylation sites (tertiary alicyclic amines) is 1. The molecule has 172 valence electrons. The average molecular weight is 447 g/mol. The average Bonchev–Trinajstić information content (AvgIpc) is 2.82. The van der Waals surface area contributed by atoms with Crippen LogP contribution in [0.25, 0.3) is 5.57 Å². The normalized spacial score (nSPS) is 33.5. The summed E-state index contributed by atoms with van der Waals surface area (Å²) in [6, 6.07) is 15.3. The second-order valence-electron chi connectivity index (χ2n) is 10.2. The molecule has 6 atom stereocenters. The summed E-state index contributed by atoms with van der Waals surface area (Å²) in [4.78, 5) is 28.1. The lowest BCUT2D eigenvalue weighted by atomic mass is 9.71. The van der Waals surface area contributed by atoms with Gasteiger partial charge in [-0.1, -0.05) is 36.4 Å². The Labute approximate surface area is 193 Å². The first-order valence-electron chi connectivity index (χ1n) is 12.1. The number of allylic oxidation sites excluding steroid dienone is 1. The molecule has 1 aromatic carbocycles. The summed E-state index contributed by atoms with van der Waals surface area (Å²) < 4.78 is 8.14. The molecule has 6 heteroatoms. The summed E-state index contributed by atoms with van der Waals surface area (Å²) in [5.74, 6) is 0.603. The minimum atomic E-state index is -0.470. The zero-order valence-electron chi connectivity index (χ0n) is 18.7. The molecular weight excluding hydrogens is 416 g/mol. The molecule has 1 aromatic heterocycles. The molecule has 4 unspecified atom stereocenters. The fourth-order valence-corrected chi connectivity index (χ4v) is 6.62. The standard InChI is InChI=1S/C27H30N2O4/c30-24-10-9-20-26(32)22(18-5-2-1-3-6-18)16-33-27(20)21(24)15-28-12-17-11-19(14-28)23-7-4-8-25(31)29(23)13-17/h1-8,16-17,19-21,24,27,30H,9-15H2/t17-,19+,20?,21?,24?,27?/m1/s1. The van der Waals surface area contributed by atoms with Crippen molar-refractivity contribution in [2.75, 3.05) is 19.6 Å². The molecule has 0 spiro atoms. The number of piperidine rings is 1. The first-order valence-corrected chi connectivity index (χ1v) is 12.1. The largest absolute Gasteiger partial charge is 0.496 e. The van der Waals surface area contributed by atoms with Gasteiger partial charge in [-0.05, 0) is 36.8 Å². The van der Waals surface area contributed by atoms with Gasteiger partial charge >= 0.3 is 0 Å². The second-order valence-corrected chi connectivity index (χ2v) is 10.2. The number of aliphatic hydroxyl groups excluding tert-OH is 1. The van der Waals surface area contributed by atoms with Crippen LogP contribution < -0.4 is 5.56 Å². The van der Waals surface area contributed by atoms with Crippen LogP contribution in [0, 0.1) is 17.8 Å². The smallest absolute Gasteiger partial charge is 0.250 e. The number of carbonyl (C=O) groups is 1. The number of Topliss-reactive ketones (excluding diaryl/α,β-unsaturated/α-hetero) is 1. The molecule has 0 radical (unpaired) electrons. The summed E-state index contributed by atoms with van der Waals surface area (Å²) in [5, 5.41) is 10.9. The van der Waals surface area contributed by atoms with E-state index in [1.807, 2.05) is 41.0 Å². The molecule has 3 aliphatic heterocycles. The Hall–Kier alpha value is -2.70. The van der Waals surface area contributed by atoms with Crippen LogP contribution in [0.15, 0.2) is 59.6 Å². The highest BCUT2D eigenvalue weighted by Gasteiger charge is 2.47. The van der Waals surface area contributed by atoms with Gasteiger partial charge in [0.15, 0.2) is 5.78 Å². The monoisotopic (exact) mass is 446 g/mol. The topological polar surface area (TPSA) is 71.8 Å². The molecule has 1 saturated carbocycles. The minimum absolute atomic E-state index is 0.0938. The fourth-order valence-electron chi connectivity index (χ4n) is 6.62. The van der Waals surface area contributed by atoms with Crippen LogP contribution in [0.3, 0.4) is 0 Å². The van der Waals surface area contributed by atoms with E-state index in [9.17, 15) is 14.7 Å². The maximum Gasteiger partial charge on any atom is 0.250 e. The summed E-state index contributed by atoms with van der Waals surface area (Å²) in [5.41, 5.74) is 2.75. The van der Waals surface area contributed by atoms with Gasteiger partial charge in [0, 0.05) is 49.8 Å². The maximum absolute atomic E-state index is 13.4. The van der Waals surface area contributed by atoms with Gasteiger partial charge in [0.05, 0.1) is 23.9 Å². The number of benzene rings is 1. The third-order valence-corrected chi connectivity index (χ3v) is 8.14. The number of aromatic nitrogens is 1. The van der Waals surface area contributed by atoms with E-state index in [1.54, 1.807) is 12.3 Å². The number of hydrogen-bond acceptors (Lipinski definition) is 5. The van der Waals surface area contributed by atoms with E-state index in [1.165, 1.54) is 0 Å². The summed E-state index contributed by atoms with van der Waals surface area (Å²) in [6.45, 7) is 3.27. The van der Waals surface area contributed by atoms with E-state index in [4.69, 9.17) is 4.74 Å². The fraction of sp³-hybridized carbons (Fsp3) is 0.481. The van der Waals surface area contributed by atoms with Gasteiger partial charge in [-0.2, -0.15) is 0 Å². The van der Waals surface area contributed by atoms with Crippen LogP contribution >= 0.6 is 0 Å². The molecule has 1 aliphatic carbocycles. The van der Waals surface area contributed by atoms with Crippen molar-refractivity contribution in [3.05, 3.63) is 76.4 Å². The van der Waals surface area contributed by atoms with Crippen molar-refractivity contribution < 1.29 is 14.6 Å². The molecular formula is C27H30N2O4. The molecule has 2 fully saturated rings. The Kier molecular flexibility index (Phi) is 5.23. The number of hydrogen-bond donors (Lipinski definition) is 1. The lowest BCUT2D eigenvalue weighted by Crippen LogP contribution is -2.54. The summed E-state index contributed by atoms with van der Waals surface area (Å²) in [7, 11) is 0. The third kappa shape index (κ3) is 3.65. The first kappa shape index (κ1) is 20.9. The van der Waals surface area contributed by atoms with Gasteiger partial charge in [-0.15, -0.1) is 0 Å². The Morgan fingerprint density at radius 2 is 1.82 bits per heavy atom. The predicted molar refractivity (Wildman–Crippen MR) is 125 cm³/mol. The van der Waals surface area contributed by atoms with Crippen molar-refractivity contribution in [3.63, 3.8) is 0 Å². The first-order chi connectivity index (χ1) is 16.1. The third-order valence-electron chi connectivity index (χ3n) is 8.14. The predicted octanol–water partition coefficient (Wildman–Crippen LogP) is 2.66. The van der Waals surface area contributed by atoms with Gasteiger partial charge in [-0.3, -0.25) is 9.59 Å². The second kappa shape index (κ2) is 8.26. The summed E-state index contributed by atoms with van der Waals surface area (Å²) >= 11 is 0. The molecule has 33 heavy (non-hydrogen) atoms. The van der Waals surface area contributed by atoms with E-state index in [0.717, 1.165) is 37.3 Å². The highest BCUT2D eigenvalue weighted by atomic mass is 16.5. The zero-order chi connectivity index (χ0) is 22.5. The van der Waals surface area contributed by atoms with Crippen LogP contribution in [-0.2, 0) is 16.1 Å². The number of nitrogens with zero attached hydrogens (tertiary/aromatic N) is 2. The number of aliphatic hydroxyl groups is 1. The molecule has 6 rings (SSSR count). The van der Waals surface area contributed by atoms with Crippen molar-refractivity contribution in [3.8, 4) is 0 Å². The highest BCUT2D eigenvalue weighted by Crippen LogP contribution is 2.41. The molecule has 1 N–H and O–H groups in total. The van der Waals surface area contributed by atoms with Crippen LogP contribution in [-0.4, -0.2) is 52.2 Å². The van der Waals surface area contributed by atoms with E-state index < -0.39 is 6.10 Å². The lowest BCUT2D eigenvalue weighted by molar-refractivity contribution is -0.134. The maximum atomic E-state index is 13.4. The van der Waals surface area contributed by atoms with Gasteiger partial charge in [-0.25, -0.2) is 0 Å². The number of carbonyl (C=O) groups excluding carboxylic acids is 1. The Morgan fingerprint density at radius 1 is 0.970 bits per heavy atom. The SMILES string of the molecule is O=C1C(c2ccccc2)=COC2C1CCC(O)C2CN1C[C@H]2C[C@@H](C1)c1cccc(=O)n1C2. The molecule has 2 bridgehead atoms. The van der Waals surface area contributed by atoms with Crippen molar-refractivity contribution in [1.29, 1.82) is 0 Å². The number of ketones is 1. The van der Waals surface area contributed by atoms with E-state index >= 15 is 0 Å². The highest BCUT2D eigenvalue weighted by molar-refractivity contribution is 6.22. The van der Waals surface area contributed by atoms with E-state index in [2.05, 4.69) is 11.0 Å². The minimum Gasteiger partial charge on any atom is -0.496 e. The summed E-state index contributed by atoms with van der Waals surface area (Å²) in [6.07, 6.45) is 3.26. The Bertz CT molecular complexity index is 1140. The number of ether oxygens (including phenoxy) is 1. The van der Waals surface area contributed by atoms with Crippen molar-refractivity contribution in [2.24, 2.45) is 17.8 Å². The Balaban J connectivity index is 1.22. The van der Waals surface area contributed by atoms with E-state index in [0.29, 0.717) is 36.8 Å². The van der Waals surface area contributed by atoms with Crippen LogP contribution in [0.1, 0.15) is 36.4 Å². The molecule has 1 saturated heterocycles. The quantitative estimate of drug-likeness (QED) is 0.785. The number of pyridine rings is 1. The lowest BCUT2D eigenvalue weighted by Gasteiger charge is -2.47. The zero-order valence-corrected chi connectivity index (χ0v) is 18.7. The van der Waals surface area contributed by atoms with Crippen LogP contribution in [0.4, 0.5) is 0 Å². The van der Waals surface area contributed by atoms with Gasteiger partial charge in [0.2, 0.25) is 0 Å². The molecule has 6 nitrogen and oxygen atoms in total. The molecule has 4 heterocycles. The molecule has 4 aliphatic rings. The molecule has 2 aromatic rings. The van der Waals surface area contributed by atoms with Crippen LogP contribution in [0.5, 0.6) is 0 Å². The van der Waals surface area contributed by atoms with E-state index in [-0.39, 0.29) is 29.3 Å². The van der Waals surface area contributed by atoms with Crippen molar-refractivity contribution in [2.45, 2.75) is 43.9 Å². The van der Waals surface area contributed by atoms with Crippen molar-refractivity contribution >= 4 is 11.4 Å².